The molecule has 2 heterocycles. The van der Waals surface area contributed by atoms with E-state index in [4.69, 9.17) is 5.73 Å². The van der Waals surface area contributed by atoms with E-state index in [9.17, 15) is 0 Å². The molecule has 0 amide bonds. The molecule has 1 unspecified atom stereocenters. The lowest BCUT2D eigenvalue weighted by Crippen LogP contribution is -2.16. The predicted octanol–water partition coefficient (Wildman–Crippen LogP) is 2.26. The molecule has 120 valence electrons. The summed E-state index contributed by atoms with van der Waals surface area (Å²) in [6.07, 6.45) is 0. The summed E-state index contributed by atoms with van der Waals surface area (Å²) in [6, 6.07) is 8.07. The van der Waals surface area contributed by atoms with E-state index < -0.39 is 0 Å². The van der Waals surface area contributed by atoms with Gasteiger partial charge < -0.3 is 15.2 Å². The van der Waals surface area contributed by atoms with Crippen molar-refractivity contribution in [2.75, 3.05) is 24.7 Å². The lowest BCUT2D eigenvalue weighted by atomic mass is 10.3. The minimum absolute atomic E-state index is 0.00881. The molecule has 0 saturated heterocycles. The number of benzene rings is 1. The van der Waals surface area contributed by atoms with Crippen LogP contribution in [0.3, 0.4) is 0 Å². The van der Waals surface area contributed by atoms with E-state index in [2.05, 4.69) is 30.6 Å². The Balaban J connectivity index is 1.91. The maximum Gasteiger partial charge on any atom is 0.229 e. The smallest absolute Gasteiger partial charge is 0.229 e. The number of nitrogens with zero attached hydrogens (tertiary/aromatic N) is 6. The van der Waals surface area contributed by atoms with Gasteiger partial charge in [-0.3, -0.25) is 0 Å². The highest BCUT2D eigenvalue weighted by Gasteiger charge is 2.17. The number of nitrogens with two attached hydrogens (primary N) is 1. The fraction of sp³-hybridized carbons (Fsp3) is 0.333. The Morgan fingerprint density at radius 3 is 2.57 bits per heavy atom. The third-order valence-corrected chi connectivity index (χ3v) is 4.59. The number of anilines is 2. The molecule has 0 radical (unpaired) electrons. The topological polar surface area (TPSA) is 85.8 Å². The first-order valence-electron chi connectivity index (χ1n) is 7.22. The molecule has 8 heteroatoms. The second-order valence-corrected chi connectivity index (χ2v) is 6.76. The van der Waals surface area contributed by atoms with Gasteiger partial charge in [-0.1, -0.05) is 23.9 Å². The van der Waals surface area contributed by atoms with Crippen molar-refractivity contribution < 1.29 is 0 Å². The molecule has 2 aromatic heterocycles. The molecular formula is C15H19N7S. The number of imidazole rings is 1. The summed E-state index contributed by atoms with van der Waals surface area (Å²) in [5, 5.41) is 0.929. The Kier molecular flexibility index (Phi) is 4.08. The van der Waals surface area contributed by atoms with Crippen molar-refractivity contribution in [2.45, 2.75) is 17.3 Å². The number of thioether (sulfide) groups is 1. The third-order valence-electron chi connectivity index (χ3n) is 3.45. The first kappa shape index (κ1) is 15.5. The van der Waals surface area contributed by atoms with Gasteiger partial charge in [-0.2, -0.15) is 15.0 Å². The summed E-state index contributed by atoms with van der Waals surface area (Å²) < 4.78 is 2.08. The molecule has 7 nitrogen and oxygen atoms in total. The average molecular weight is 329 g/mol. The second-order valence-electron chi connectivity index (χ2n) is 5.45. The van der Waals surface area contributed by atoms with Crippen LogP contribution in [0.25, 0.3) is 11.0 Å². The van der Waals surface area contributed by atoms with E-state index in [0.717, 1.165) is 16.2 Å². The van der Waals surface area contributed by atoms with Crippen LogP contribution in [0.4, 0.5) is 11.9 Å². The minimum Gasteiger partial charge on any atom is -0.368 e. The molecule has 3 rings (SSSR count). The molecule has 23 heavy (non-hydrogen) atoms. The van der Waals surface area contributed by atoms with Crippen molar-refractivity contribution in [1.82, 2.24) is 24.5 Å². The Morgan fingerprint density at radius 1 is 1.13 bits per heavy atom. The van der Waals surface area contributed by atoms with Crippen LogP contribution in [0, 0.1) is 0 Å². The van der Waals surface area contributed by atoms with Gasteiger partial charge in [-0.15, -0.1) is 0 Å². The molecule has 1 aromatic carbocycles. The summed E-state index contributed by atoms with van der Waals surface area (Å²) in [5.74, 6) is 1.44. The summed E-state index contributed by atoms with van der Waals surface area (Å²) in [6.45, 7) is 2.04. The van der Waals surface area contributed by atoms with E-state index in [-0.39, 0.29) is 11.2 Å². The highest BCUT2D eigenvalue weighted by atomic mass is 32.2. The first-order valence-corrected chi connectivity index (χ1v) is 8.10. The van der Waals surface area contributed by atoms with Gasteiger partial charge in [-0.25, -0.2) is 4.98 Å². The van der Waals surface area contributed by atoms with E-state index in [1.807, 2.05) is 51.2 Å². The number of aromatic nitrogens is 5. The van der Waals surface area contributed by atoms with Crippen molar-refractivity contribution >= 4 is 34.7 Å². The predicted molar refractivity (Wildman–Crippen MR) is 93.6 cm³/mol. The van der Waals surface area contributed by atoms with Crippen LogP contribution in [0.5, 0.6) is 0 Å². The zero-order valence-electron chi connectivity index (χ0n) is 13.6. The number of aryl methyl sites for hydroxylation is 1. The zero-order valence-corrected chi connectivity index (χ0v) is 14.4. The van der Waals surface area contributed by atoms with Gasteiger partial charge in [0.05, 0.1) is 16.3 Å². The zero-order chi connectivity index (χ0) is 16.6. The largest absolute Gasteiger partial charge is 0.368 e. The molecule has 0 aliphatic heterocycles. The Morgan fingerprint density at radius 2 is 1.87 bits per heavy atom. The van der Waals surface area contributed by atoms with Crippen LogP contribution in [0.2, 0.25) is 0 Å². The lowest BCUT2D eigenvalue weighted by Gasteiger charge is -2.14. The summed E-state index contributed by atoms with van der Waals surface area (Å²) >= 11 is 1.60. The average Bonchev–Trinajstić information content (AvgIpc) is 2.83. The van der Waals surface area contributed by atoms with Crippen molar-refractivity contribution in [3.8, 4) is 0 Å². The van der Waals surface area contributed by atoms with Crippen LogP contribution in [0.15, 0.2) is 29.4 Å². The standard InChI is InChI=1S/C15H19N7S/c1-9(12-18-13(16)20-14(19-12)21(2)3)23-15-17-10-7-5-6-8-11(10)22(15)4/h5-9H,1-4H3,(H2,16,18,19,20). The molecule has 0 fully saturated rings. The van der Waals surface area contributed by atoms with Gasteiger partial charge in [-0.05, 0) is 19.1 Å². The van der Waals surface area contributed by atoms with Gasteiger partial charge in [0.25, 0.3) is 0 Å². The van der Waals surface area contributed by atoms with Crippen molar-refractivity contribution in [2.24, 2.45) is 7.05 Å². The lowest BCUT2D eigenvalue weighted by molar-refractivity contribution is 0.802. The number of fused-ring (bicyclic) bond motifs is 1. The number of hydrogen-bond donors (Lipinski definition) is 1. The van der Waals surface area contributed by atoms with Gasteiger partial charge >= 0.3 is 0 Å². The molecule has 1 atom stereocenters. The molecule has 0 spiro atoms. The quantitative estimate of drug-likeness (QED) is 0.735. The Bertz CT molecular complexity index is 843. The summed E-state index contributed by atoms with van der Waals surface area (Å²) in [7, 11) is 5.76. The Hall–Kier alpha value is -2.35. The Labute approximate surface area is 139 Å². The van der Waals surface area contributed by atoms with E-state index in [1.165, 1.54) is 0 Å². The normalized spacial score (nSPS) is 12.5. The monoisotopic (exact) mass is 329 g/mol. The molecular weight excluding hydrogens is 310 g/mol. The highest BCUT2D eigenvalue weighted by Crippen LogP contribution is 2.34. The van der Waals surface area contributed by atoms with E-state index in [1.54, 1.807) is 11.8 Å². The van der Waals surface area contributed by atoms with Gasteiger partial charge in [0, 0.05) is 21.1 Å². The molecule has 3 aromatic rings. The van der Waals surface area contributed by atoms with Crippen LogP contribution in [-0.4, -0.2) is 38.6 Å². The van der Waals surface area contributed by atoms with Crippen LogP contribution < -0.4 is 10.6 Å². The molecule has 0 aliphatic rings. The second kappa shape index (κ2) is 6.04. The van der Waals surface area contributed by atoms with Gasteiger partial charge in [0.1, 0.15) is 5.82 Å². The van der Waals surface area contributed by atoms with Crippen LogP contribution in [0.1, 0.15) is 18.0 Å². The van der Waals surface area contributed by atoms with Crippen molar-refractivity contribution in [1.29, 1.82) is 0 Å². The molecule has 0 saturated carbocycles. The van der Waals surface area contributed by atoms with E-state index in [0.29, 0.717) is 11.8 Å². The number of hydrogen-bond acceptors (Lipinski definition) is 7. The minimum atomic E-state index is 0.00881. The van der Waals surface area contributed by atoms with Crippen molar-refractivity contribution in [3.05, 3.63) is 30.1 Å². The summed E-state index contributed by atoms with van der Waals surface area (Å²) in [5.41, 5.74) is 7.88. The molecule has 0 aliphatic carbocycles. The van der Waals surface area contributed by atoms with Crippen LogP contribution in [-0.2, 0) is 7.05 Å². The number of nitrogen functional groups attached to an aromatic ring is 1. The number of rotatable bonds is 4. The number of para-hydroxylation sites is 2. The van der Waals surface area contributed by atoms with Gasteiger partial charge in [0.15, 0.2) is 5.16 Å². The highest BCUT2D eigenvalue weighted by molar-refractivity contribution is 7.99. The summed E-state index contributed by atoms with van der Waals surface area (Å²) in [4.78, 5) is 19.4. The fourth-order valence-electron chi connectivity index (χ4n) is 2.22. The maximum atomic E-state index is 5.80. The fourth-order valence-corrected chi connectivity index (χ4v) is 3.15. The SMILES string of the molecule is CC(Sc1nc2ccccc2n1C)c1nc(N)nc(N(C)C)n1. The first-order chi connectivity index (χ1) is 11.0. The third kappa shape index (κ3) is 3.07. The van der Waals surface area contributed by atoms with E-state index >= 15 is 0 Å². The maximum absolute atomic E-state index is 5.80. The molecule has 0 bridgehead atoms. The molecule has 2 N–H and O–H groups in total. The van der Waals surface area contributed by atoms with Crippen molar-refractivity contribution in [3.63, 3.8) is 0 Å². The van der Waals surface area contributed by atoms with Gasteiger partial charge in [0.2, 0.25) is 11.9 Å². The van der Waals surface area contributed by atoms with Crippen LogP contribution >= 0.6 is 11.8 Å².